The molecule has 2 nitrogen and oxygen atoms in total. The second-order valence-electron chi connectivity index (χ2n) is 4.37. The van der Waals surface area contributed by atoms with Gasteiger partial charge in [0.15, 0.2) is 5.78 Å². The van der Waals surface area contributed by atoms with Crippen molar-refractivity contribution < 1.29 is 13.9 Å². The summed E-state index contributed by atoms with van der Waals surface area (Å²) in [6, 6.07) is 12.2. The summed E-state index contributed by atoms with van der Waals surface area (Å²) in [6.07, 6.45) is 0. The summed E-state index contributed by atoms with van der Waals surface area (Å²) in [4.78, 5) is 11.2. The Morgan fingerprint density at radius 1 is 1.11 bits per heavy atom. The zero-order chi connectivity index (χ0) is 13.8. The van der Waals surface area contributed by atoms with Gasteiger partial charge in [-0.3, -0.25) is 4.79 Å². The molecule has 0 aromatic heterocycles. The molecule has 2 aromatic rings. The fourth-order valence-corrected chi connectivity index (χ4v) is 1.90. The van der Waals surface area contributed by atoms with Crippen molar-refractivity contribution in [2.45, 2.75) is 13.5 Å². The lowest BCUT2D eigenvalue weighted by molar-refractivity contribution is 0.101. The monoisotopic (exact) mass is 258 g/mol. The van der Waals surface area contributed by atoms with Crippen molar-refractivity contribution in [3.8, 4) is 11.1 Å². The number of rotatable bonds is 4. The van der Waals surface area contributed by atoms with Crippen LogP contribution in [-0.2, 0) is 11.3 Å². The molecule has 0 atom stereocenters. The number of ether oxygens (including phenoxy) is 1. The maximum absolute atomic E-state index is 13.8. The fourth-order valence-electron chi connectivity index (χ4n) is 1.90. The molecule has 2 aromatic carbocycles. The van der Waals surface area contributed by atoms with Crippen molar-refractivity contribution >= 4 is 5.78 Å². The Kier molecular flexibility index (Phi) is 4.07. The lowest BCUT2D eigenvalue weighted by Crippen LogP contribution is -1.94. The second-order valence-corrected chi connectivity index (χ2v) is 4.37. The van der Waals surface area contributed by atoms with E-state index in [0.717, 1.165) is 11.1 Å². The SMILES string of the molecule is COCc1ccc(-c2ccc(C(C)=O)cc2)cc1F. The summed E-state index contributed by atoms with van der Waals surface area (Å²) < 4.78 is 18.7. The minimum atomic E-state index is -0.282. The minimum absolute atomic E-state index is 0.0215. The van der Waals surface area contributed by atoms with Gasteiger partial charge in [-0.15, -0.1) is 0 Å². The molecule has 98 valence electrons. The number of methoxy groups -OCH3 is 1. The molecule has 0 N–H and O–H groups in total. The molecule has 0 saturated carbocycles. The van der Waals surface area contributed by atoms with Gasteiger partial charge in [-0.25, -0.2) is 4.39 Å². The number of hydrogen-bond acceptors (Lipinski definition) is 2. The smallest absolute Gasteiger partial charge is 0.159 e. The van der Waals surface area contributed by atoms with Crippen LogP contribution >= 0.6 is 0 Å². The van der Waals surface area contributed by atoms with Gasteiger partial charge in [0, 0.05) is 18.2 Å². The summed E-state index contributed by atoms with van der Waals surface area (Å²) in [5, 5.41) is 0. The first kappa shape index (κ1) is 13.4. The van der Waals surface area contributed by atoms with E-state index in [-0.39, 0.29) is 18.2 Å². The third-order valence-corrected chi connectivity index (χ3v) is 2.98. The van der Waals surface area contributed by atoms with Gasteiger partial charge in [-0.2, -0.15) is 0 Å². The molecule has 0 radical (unpaired) electrons. The van der Waals surface area contributed by atoms with Crippen LogP contribution in [0.4, 0.5) is 4.39 Å². The molecule has 0 fully saturated rings. The number of hydrogen-bond donors (Lipinski definition) is 0. The van der Waals surface area contributed by atoms with Crippen LogP contribution in [0, 0.1) is 5.82 Å². The van der Waals surface area contributed by atoms with E-state index >= 15 is 0 Å². The normalized spacial score (nSPS) is 10.5. The van der Waals surface area contributed by atoms with E-state index in [1.807, 2.05) is 18.2 Å². The number of carbonyl (C=O) groups excluding carboxylic acids is 1. The molecule has 0 amide bonds. The molecule has 19 heavy (non-hydrogen) atoms. The molecule has 0 aliphatic rings. The van der Waals surface area contributed by atoms with Crippen molar-refractivity contribution in [2.75, 3.05) is 7.11 Å². The molecule has 0 aliphatic heterocycles. The van der Waals surface area contributed by atoms with Gasteiger partial charge < -0.3 is 4.74 Å². The summed E-state index contributed by atoms with van der Waals surface area (Å²) in [6.45, 7) is 1.78. The van der Waals surface area contributed by atoms with Gasteiger partial charge in [0.1, 0.15) is 5.82 Å². The zero-order valence-corrected chi connectivity index (χ0v) is 10.9. The minimum Gasteiger partial charge on any atom is -0.380 e. The third kappa shape index (κ3) is 3.06. The van der Waals surface area contributed by atoms with Crippen molar-refractivity contribution in [1.82, 2.24) is 0 Å². The molecule has 3 heteroatoms. The molecule has 0 bridgehead atoms. The fraction of sp³-hybridized carbons (Fsp3) is 0.188. The van der Waals surface area contributed by atoms with E-state index in [1.165, 1.54) is 20.1 Å². The largest absolute Gasteiger partial charge is 0.380 e. The predicted octanol–water partition coefficient (Wildman–Crippen LogP) is 3.84. The standard InChI is InChI=1S/C16H15FO2/c1-11(18)12-3-5-13(6-4-12)14-7-8-15(10-19-2)16(17)9-14/h3-9H,10H2,1-2H3. The van der Waals surface area contributed by atoms with Crippen molar-refractivity contribution in [1.29, 1.82) is 0 Å². The summed E-state index contributed by atoms with van der Waals surface area (Å²) in [5.74, 6) is -0.261. The van der Waals surface area contributed by atoms with Crippen LogP contribution < -0.4 is 0 Å². The Morgan fingerprint density at radius 3 is 2.26 bits per heavy atom. The second kappa shape index (κ2) is 5.76. The zero-order valence-electron chi connectivity index (χ0n) is 10.9. The topological polar surface area (TPSA) is 26.3 Å². The van der Waals surface area contributed by atoms with Crippen LogP contribution in [0.1, 0.15) is 22.8 Å². The van der Waals surface area contributed by atoms with E-state index in [4.69, 9.17) is 4.74 Å². The Balaban J connectivity index is 2.31. The van der Waals surface area contributed by atoms with Crippen molar-refractivity contribution in [2.24, 2.45) is 0 Å². The van der Waals surface area contributed by atoms with Crippen LogP contribution in [-0.4, -0.2) is 12.9 Å². The highest BCUT2D eigenvalue weighted by Gasteiger charge is 2.06. The quantitative estimate of drug-likeness (QED) is 0.779. The highest BCUT2D eigenvalue weighted by molar-refractivity contribution is 5.94. The molecular weight excluding hydrogens is 243 g/mol. The lowest BCUT2D eigenvalue weighted by atomic mass is 10.0. The molecule has 0 unspecified atom stereocenters. The average Bonchev–Trinajstić information content (AvgIpc) is 2.41. The first-order valence-electron chi connectivity index (χ1n) is 6.00. The maximum atomic E-state index is 13.8. The Labute approximate surface area is 111 Å². The summed E-state index contributed by atoms with van der Waals surface area (Å²) in [5.41, 5.74) is 2.85. The molecule has 0 heterocycles. The average molecular weight is 258 g/mol. The highest BCUT2D eigenvalue weighted by Crippen LogP contribution is 2.23. The number of benzene rings is 2. The van der Waals surface area contributed by atoms with E-state index in [1.54, 1.807) is 18.2 Å². The van der Waals surface area contributed by atoms with Gasteiger partial charge in [-0.05, 0) is 24.1 Å². The first-order chi connectivity index (χ1) is 9.11. The molecule has 0 spiro atoms. The van der Waals surface area contributed by atoms with E-state index < -0.39 is 0 Å². The van der Waals surface area contributed by atoms with Crippen LogP contribution in [0.5, 0.6) is 0 Å². The molecule has 0 aliphatic carbocycles. The van der Waals surface area contributed by atoms with Gasteiger partial charge in [0.2, 0.25) is 0 Å². The number of Topliss-reactive ketones (excluding diaryl/α,β-unsaturated/α-hetero) is 1. The number of halogens is 1. The Morgan fingerprint density at radius 2 is 1.74 bits per heavy atom. The van der Waals surface area contributed by atoms with Crippen molar-refractivity contribution in [3.63, 3.8) is 0 Å². The Bertz CT molecular complexity index is 588. The number of carbonyl (C=O) groups is 1. The van der Waals surface area contributed by atoms with Crippen LogP contribution in [0.2, 0.25) is 0 Å². The first-order valence-corrected chi connectivity index (χ1v) is 6.00. The summed E-state index contributed by atoms with van der Waals surface area (Å²) >= 11 is 0. The Hall–Kier alpha value is -2.00. The molecular formula is C16H15FO2. The van der Waals surface area contributed by atoms with E-state index in [9.17, 15) is 9.18 Å². The van der Waals surface area contributed by atoms with Crippen LogP contribution in [0.15, 0.2) is 42.5 Å². The van der Waals surface area contributed by atoms with Gasteiger partial charge >= 0.3 is 0 Å². The van der Waals surface area contributed by atoms with E-state index in [2.05, 4.69) is 0 Å². The third-order valence-electron chi connectivity index (χ3n) is 2.98. The van der Waals surface area contributed by atoms with E-state index in [0.29, 0.717) is 11.1 Å². The molecule has 2 rings (SSSR count). The maximum Gasteiger partial charge on any atom is 0.159 e. The highest BCUT2D eigenvalue weighted by atomic mass is 19.1. The lowest BCUT2D eigenvalue weighted by Gasteiger charge is -2.06. The van der Waals surface area contributed by atoms with Crippen LogP contribution in [0.3, 0.4) is 0 Å². The predicted molar refractivity (Wildman–Crippen MR) is 72.6 cm³/mol. The van der Waals surface area contributed by atoms with Gasteiger partial charge in [0.25, 0.3) is 0 Å². The van der Waals surface area contributed by atoms with Crippen LogP contribution in [0.25, 0.3) is 11.1 Å². The van der Waals surface area contributed by atoms with Gasteiger partial charge in [0.05, 0.1) is 6.61 Å². The molecule has 0 saturated heterocycles. The van der Waals surface area contributed by atoms with Crippen molar-refractivity contribution in [3.05, 3.63) is 59.4 Å². The summed E-state index contributed by atoms with van der Waals surface area (Å²) in [7, 11) is 1.54. The van der Waals surface area contributed by atoms with Gasteiger partial charge in [-0.1, -0.05) is 36.4 Å². The number of ketones is 1.